The predicted molar refractivity (Wildman–Crippen MR) is 275 cm³/mol. The molecule has 0 aliphatic heterocycles. The fourth-order valence-electron chi connectivity index (χ4n) is 6.37. The zero-order valence-electron chi connectivity index (χ0n) is 43.6. The van der Waals surface area contributed by atoms with E-state index in [9.17, 15) is 27.4 Å². The van der Waals surface area contributed by atoms with E-state index in [0.717, 1.165) is 51.2 Å². The van der Waals surface area contributed by atoms with Crippen LogP contribution in [0.4, 0.5) is 0 Å². The Bertz CT molecular complexity index is 2420. The van der Waals surface area contributed by atoms with E-state index in [1.165, 1.54) is 0 Å². The van der Waals surface area contributed by atoms with Crippen LogP contribution in [0.5, 0.6) is 34.5 Å². The molecule has 15 nitrogen and oxygen atoms in total. The number of rotatable bonds is 24. The largest absolute Gasteiger partial charge is 1.00 e. The van der Waals surface area contributed by atoms with Crippen LogP contribution in [0.2, 0.25) is 0 Å². The molecule has 3 unspecified atom stereocenters. The molecule has 372 valence electrons. The van der Waals surface area contributed by atoms with Gasteiger partial charge in [-0.3, -0.25) is 13.7 Å². The third-order valence-corrected chi connectivity index (χ3v) is 19.9. The van der Waals surface area contributed by atoms with Crippen LogP contribution in [0.3, 0.4) is 0 Å². The summed E-state index contributed by atoms with van der Waals surface area (Å²) in [5.41, 5.74) is 3.12. The van der Waals surface area contributed by atoms with Crippen molar-refractivity contribution in [1.82, 2.24) is 0 Å². The quantitative estimate of drug-likeness (QED) is 0.0361. The molecule has 0 saturated heterocycles. The molecule has 0 heterocycles. The van der Waals surface area contributed by atoms with Gasteiger partial charge in [-0.25, -0.2) is 0 Å². The van der Waals surface area contributed by atoms with Gasteiger partial charge in [0.15, 0.2) is 0 Å². The maximum atomic E-state index is 11.6. The number of hydrogen-bond donors (Lipinski definition) is 6. The summed E-state index contributed by atoms with van der Waals surface area (Å²) >= 11 is 0. The average Bonchev–Trinajstić information content (AvgIpc) is 3.27. The molecule has 0 bridgehead atoms. The molecular weight excluding hydrogens is 1120 g/mol. The molecular formula is C48H60K3O15P6+3. The minimum Gasteiger partial charge on any atom is -1.00 e. The Hall–Kier alpha value is 0.379. The van der Waals surface area contributed by atoms with Gasteiger partial charge in [0.25, 0.3) is 0 Å². The fraction of sp³-hybridized carbons (Fsp3) is 0.250. The van der Waals surface area contributed by atoms with Crippen molar-refractivity contribution in [2.24, 2.45) is 0 Å². The summed E-state index contributed by atoms with van der Waals surface area (Å²) in [4.78, 5) is 52.8. The van der Waals surface area contributed by atoms with Crippen LogP contribution in [0.15, 0.2) is 164 Å². The van der Waals surface area contributed by atoms with E-state index < -0.39 is 63.9 Å². The van der Waals surface area contributed by atoms with Crippen LogP contribution in [0.25, 0.3) is 0 Å². The molecule has 0 aromatic heterocycles. The second-order valence-corrected chi connectivity index (χ2v) is 27.1. The van der Waals surface area contributed by atoms with Crippen LogP contribution >= 0.6 is 46.2 Å². The topological polar surface area (TPSA) is 251 Å². The molecule has 0 saturated carbocycles. The third-order valence-electron chi connectivity index (χ3n) is 9.28. The second-order valence-electron chi connectivity index (χ2n) is 15.5. The van der Waals surface area contributed by atoms with Crippen LogP contribution in [-0.2, 0) is 46.7 Å². The fourth-order valence-corrected chi connectivity index (χ4v) is 14.5. The van der Waals surface area contributed by atoms with Crippen molar-refractivity contribution in [3.05, 3.63) is 180 Å². The van der Waals surface area contributed by atoms with E-state index in [1.54, 1.807) is 0 Å². The summed E-state index contributed by atoms with van der Waals surface area (Å²) < 4.78 is 84.4. The maximum Gasteiger partial charge on any atom is 1.00 e. The predicted octanol–water partition coefficient (Wildman–Crippen LogP) is 4.47. The van der Waals surface area contributed by atoms with Crippen molar-refractivity contribution in [2.45, 2.75) is 38.5 Å². The van der Waals surface area contributed by atoms with E-state index in [2.05, 4.69) is 0 Å². The molecule has 0 amide bonds. The molecule has 0 spiro atoms. The molecule has 0 aliphatic carbocycles. The van der Waals surface area contributed by atoms with Gasteiger partial charge in [0.2, 0.25) is 17.7 Å². The molecule has 24 heteroatoms. The van der Waals surface area contributed by atoms with Gasteiger partial charge in [-0.1, -0.05) is 105 Å². The maximum absolute atomic E-state index is 11.6. The third kappa shape index (κ3) is 34.3. The van der Waals surface area contributed by atoms with Crippen molar-refractivity contribution in [1.29, 1.82) is 0 Å². The molecule has 6 rings (SSSR count). The second kappa shape index (κ2) is 38.1. The van der Waals surface area contributed by atoms with Gasteiger partial charge in [0, 0.05) is 0 Å². The zero-order valence-corrected chi connectivity index (χ0v) is 55.4. The monoisotopic (exact) mass is 1180 g/mol. The summed E-state index contributed by atoms with van der Waals surface area (Å²) in [5, 5.41) is 0. The summed E-state index contributed by atoms with van der Waals surface area (Å²) in [7, 11) is -18.1. The normalized spacial score (nSPS) is 11.5. The minimum absolute atomic E-state index is 0. The summed E-state index contributed by atoms with van der Waals surface area (Å²) in [6, 6.07) is 51.3. The Labute approximate surface area is 556 Å². The first kappa shape index (κ1) is 70.4. The summed E-state index contributed by atoms with van der Waals surface area (Å²) in [6.07, 6.45) is 4.84. The van der Waals surface area contributed by atoms with Crippen LogP contribution in [-0.4, -0.2) is 65.6 Å². The van der Waals surface area contributed by atoms with Gasteiger partial charge < -0.3 is 47.9 Å². The molecule has 0 aliphatic rings. The van der Waals surface area contributed by atoms with Crippen LogP contribution in [0, 0.1) is 0 Å². The van der Waals surface area contributed by atoms with Crippen molar-refractivity contribution < 1.29 is 229 Å². The molecule has 6 N–H and O–H groups in total. The van der Waals surface area contributed by atoms with Crippen molar-refractivity contribution >= 4 is 46.2 Å². The van der Waals surface area contributed by atoms with Crippen molar-refractivity contribution in [3.8, 4) is 34.5 Å². The Morgan fingerprint density at radius 2 is 0.569 bits per heavy atom. The average molecular weight is 1180 g/mol. The van der Waals surface area contributed by atoms with E-state index in [1.807, 2.05) is 164 Å². The number of ether oxygens (including phenoxy) is 3. The van der Waals surface area contributed by atoms with Gasteiger partial charge in [0.05, 0.1) is 0 Å². The first-order valence-electron chi connectivity index (χ1n) is 21.6. The van der Waals surface area contributed by atoms with Crippen molar-refractivity contribution in [3.63, 3.8) is 0 Å². The summed E-state index contributed by atoms with van der Waals surface area (Å²) in [6.45, 7) is 0. The van der Waals surface area contributed by atoms with Crippen molar-refractivity contribution in [2.75, 3.05) is 36.2 Å². The van der Waals surface area contributed by atoms with Gasteiger partial charge in [-0.15, -0.1) is 0 Å². The molecule has 6 aromatic carbocycles. The number of benzene rings is 6. The molecule has 0 radical (unpaired) electrons. The molecule has 3 atom stereocenters. The van der Waals surface area contributed by atoms with E-state index in [-0.39, 0.29) is 158 Å². The minimum atomic E-state index is -4.18. The number of aryl methyl sites for hydroxylation is 3. The van der Waals surface area contributed by atoms with Crippen LogP contribution < -0.4 is 168 Å². The first-order valence-corrected chi connectivity index (χ1v) is 31.9. The molecule has 6 aromatic rings. The molecule has 0 fully saturated rings. The smallest absolute Gasteiger partial charge is 1.00 e. The van der Waals surface area contributed by atoms with E-state index in [4.69, 9.17) is 43.6 Å². The van der Waals surface area contributed by atoms with E-state index >= 15 is 0 Å². The van der Waals surface area contributed by atoms with Gasteiger partial charge >= 0.3 is 200 Å². The van der Waals surface area contributed by atoms with Crippen LogP contribution in [0.1, 0.15) is 40.2 Å². The molecule has 72 heavy (non-hydrogen) atoms. The first-order chi connectivity index (χ1) is 32.8. The Balaban J connectivity index is -0.000000997. The number of hydrogen-bond acceptors (Lipinski definition) is 9. The Kier molecular flexibility index (Phi) is 37.2. The van der Waals surface area contributed by atoms with E-state index in [0.29, 0.717) is 57.0 Å². The number of para-hydroxylation sites is 3. The zero-order chi connectivity index (χ0) is 50.1. The van der Waals surface area contributed by atoms with Gasteiger partial charge in [-0.05, 0) is 128 Å². The van der Waals surface area contributed by atoms with Gasteiger partial charge in [-0.2, -0.15) is 0 Å². The van der Waals surface area contributed by atoms with Gasteiger partial charge in [0.1, 0.15) is 53.0 Å². The Morgan fingerprint density at radius 3 is 0.792 bits per heavy atom. The summed E-state index contributed by atoms with van der Waals surface area (Å²) in [5.74, 6) is 2.88. The Morgan fingerprint density at radius 1 is 0.347 bits per heavy atom. The SMILES string of the molecule is O=[P+](CCCc1cccc(Oc2ccccc2)c1)CP(=O)(O)O.O=[P+](CCCc1cccc(Oc2ccccc2)c1)CP(=O)(O)O.O=[P+](CCCc1cccc(Oc2ccccc2)c1)CP(=O)(O)O.[H-].[H-].[H-].[K+].[K+].[K+]. The standard InChI is InChI=1S/3C16H18O5P2.3K.3H/c3*17-22(13-23(18,19)20)11-5-7-14-6-4-10-16(12-14)21-15-8-2-1-3-9-15;;;;;;/h3*1-4,6,8-10,12H,5,7,11,13H2,(H-,18,19,20);;;;;;/q;;;3*+1;3*-1/p+3.